The first-order valence-corrected chi connectivity index (χ1v) is 6.60. The lowest BCUT2D eigenvalue weighted by atomic mass is 10.2. The fraction of sp³-hybridized carbons (Fsp3) is 0.357. The highest BCUT2D eigenvalue weighted by Crippen LogP contribution is 2.25. The van der Waals surface area contributed by atoms with Crippen LogP contribution in [0.2, 0.25) is 0 Å². The summed E-state index contributed by atoms with van der Waals surface area (Å²) >= 11 is 0. The summed E-state index contributed by atoms with van der Waals surface area (Å²) < 4.78 is 4.95. The van der Waals surface area contributed by atoms with Crippen LogP contribution in [0.25, 0.3) is 0 Å². The Morgan fingerprint density at radius 3 is 2.48 bits per heavy atom. The van der Waals surface area contributed by atoms with Crippen LogP contribution in [0, 0.1) is 0 Å². The number of carboxylic acid groups (broad SMARTS) is 2. The van der Waals surface area contributed by atoms with Gasteiger partial charge in [0.15, 0.2) is 11.5 Å². The first-order valence-electron chi connectivity index (χ1n) is 6.60. The molecule has 0 amide bonds. The van der Waals surface area contributed by atoms with E-state index in [4.69, 9.17) is 19.8 Å². The highest BCUT2D eigenvalue weighted by molar-refractivity contribution is 5.80. The fourth-order valence-electron chi connectivity index (χ4n) is 1.69. The third-order valence-corrected chi connectivity index (χ3v) is 2.70. The monoisotopic (exact) mass is 326 g/mol. The minimum atomic E-state index is -1.12. The van der Waals surface area contributed by atoms with Crippen LogP contribution in [0.1, 0.15) is 5.56 Å². The second-order valence-corrected chi connectivity index (χ2v) is 4.50. The van der Waals surface area contributed by atoms with Crippen LogP contribution in [0.4, 0.5) is 0 Å². The van der Waals surface area contributed by atoms with E-state index in [0.29, 0.717) is 11.3 Å². The number of hydrogen-bond donors (Lipinski definition) is 3. The van der Waals surface area contributed by atoms with Gasteiger partial charge in [0, 0.05) is 12.1 Å². The molecule has 9 nitrogen and oxygen atoms in total. The van der Waals surface area contributed by atoms with E-state index in [-0.39, 0.29) is 18.9 Å². The second kappa shape index (κ2) is 9.26. The molecule has 1 aromatic carbocycles. The van der Waals surface area contributed by atoms with E-state index in [2.05, 4.69) is 5.16 Å². The lowest BCUT2D eigenvalue weighted by Gasteiger charge is -2.16. The number of aliphatic carboxylic acids is 2. The van der Waals surface area contributed by atoms with E-state index in [1.807, 2.05) is 0 Å². The van der Waals surface area contributed by atoms with Crippen molar-refractivity contribution in [3.05, 3.63) is 23.8 Å². The normalized spacial score (nSPS) is 10.9. The summed E-state index contributed by atoms with van der Waals surface area (Å²) in [5.41, 5.74) is 0.632. The molecule has 9 heteroatoms. The topological polar surface area (TPSA) is 129 Å². The summed E-state index contributed by atoms with van der Waals surface area (Å²) in [5, 5.41) is 30.5. The Balaban J connectivity index is 2.45. The Morgan fingerprint density at radius 2 is 1.91 bits per heavy atom. The van der Waals surface area contributed by atoms with Gasteiger partial charge in [-0.3, -0.25) is 14.5 Å². The minimum absolute atomic E-state index is 0.00329. The number of aromatic hydroxyl groups is 1. The van der Waals surface area contributed by atoms with E-state index < -0.39 is 25.0 Å². The van der Waals surface area contributed by atoms with Crippen LogP contribution in [0.3, 0.4) is 0 Å². The van der Waals surface area contributed by atoms with Gasteiger partial charge in [-0.25, -0.2) is 0 Å². The standard InChI is InChI=1S/C14H18N2O7/c1-22-12-6-10(2-3-11(12)17)7-15-23-5-4-16(8-13(18)19)9-14(20)21/h2-3,6-7,17H,4-5,8-9H2,1H3,(H,18,19)(H,20,21)/b15-7+. The number of carbonyl (C=O) groups is 2. The molecule has 126 valence electrons. The second-order valence-electron chi connectivity index (χ2n) is 4.50. The van der Waals surface area contributed by atoms with Gasteiger partial charge in [0.25, 0.3) is 0 Å². The van der Waals surface area contributed by atoms with Crippen molar-refractivity contribution in [1.29, 1.82) is 0 Å². The van der Waals surface area contributed by atoms with Gasteiger partial charge in [0.1, 0.15) is 6.61 Å². The molecule has 0 fully saturated rings. The summed E-state index contributed by atoms with van der Waals surface area (Å²) in [4.78, 5) is 27.4. The van der Waals surface area contributed by atoms with Gasteiger partial charge in [0.05, 0.1) is 26.4 Å². The summed E-state index contributed by atoms with van der Waals surface area (Å²) in [5.74, 6) is -1.94. The minimum Gasteiger partial charge on any atom is -0.504 e. The molecule has 0 radical (unpaired) electrons. The predicted molar refractivity (Wildman–Crippen MR) is 79.9 cm³/mol. The van der Waals surface area contributed by atoms with Gasteiger partial charge in [-0.1, -0.05) is 5.16 Å². The fourth-order valence-corrected chi connectivity index (χ4v) is 1.69. The predicted octanol–water partition coefficient (Wildman–Crippen LogP) is 0.222. The highest BCUT2D eigenvalue weighted by Gasteiger charge is 2.13. The molecule has 0 aliphatic carbocycles. The summed E-state index contributed by atoms with van der Waals surface area (Å²) in [7, 11) is 1.42. The van der Waals surface area contributed by atoms with Crippen LogP contribution in [-0.2, 0) is 14.4 Å². The Kier molecular flexibility index (Phi) is 7.34. The molecule has 0 heterocycles. The maximum Gasteiger partial charge on any atom is 0.317 e. The molecule has 3 N–H and O–H groups in total. The molecule has 1 rings (SSSR count). The maximum atomic E-state index is 10.6. The number of carboxylic acids is 2. The first kappa shape index (κ1) is 18.2. The molecule has 0 saturated heterocycles. The highest BCUT2D eigenvalue weighted by atomic mass is 16.6. The van der Waals surface area contributed by atoms with Crippen molar-refractivity contribution < 1.29 is 34.5 Å². The number of benzene rings is 1. The van der Waals surface area contributed by atoms with E-state index in [1.165, 1.54) is 24.3 Å². The van der Waals surface area contributed by atoms with E-state index in [1.54, 1.807) is 12.1 Å². The third kappa shape index (κ3) is 7.14. The molecule has 0 atom stereocenters. The number of hydrogen-bond acceptors (Lipinski definition) is 7. The number of methoxy groups -OCH3 is 1. The zero-order chi connectivity index (χ0) is 17.2. The Hall–Kier alpha value is -2.81. The first-order chi connectivity index (χ1) is 10.9. The molecule has 0 unspecified atom stereocenters. The Morgan fingerprint density at radius 1 is 1.26 bits per heavy atom. The molecule has 0 aliphatic rings. The number of phenolic OH excluding ortho intramolecular Hbond substituents is 1. The van der Waals surface area contributed by atoms with Crippen molar-refractivity contribution >= 4 is 18.2 Å². The zero-order valence-electron chi connectivity index (χ0n) is 12.5. The number of rotatable bonds is 10. The van der Waals surface area contributed by atoms with Gasteiger partial charge < -0.3 is 24.9 Å². The van der Waals surface area contributed by atoms with Crippen molar-refractivity contribution in [3.8, 4) is 11.5 Å². The van der Waals surface area contributed by atoms with Crippen LogP contribution >= 0.6 is 0 Å². The number of oxime groups is 1. The van der Waals surface area contributed by atoms with Gasteiger partial charge in [-0.15, -0.1) is 0 Å². The average molecular weight is 326 g/mol. The molecule has 0 aromatic heterocycles. The third-order valence-electron chi connectivity index (χ3n) is 2.70. The van der Waals surface area contributed by atoms with E-state index in [9.17, 15) is 14.7 Å². The molecule has 23 heavy (non-hydrogen) atoms. The molecular formula is C14H18N2O7. The summed E-state index contributed by atoms with van der Waals surface area (Å²) in [6, 6.07) is 4.61. The van der Waals surface area contributed by atoms with Crippen molar-refractivity contribution in [1.82, 2.24) is 4.90 Å². The average Bonchev–Trinajstić information content (AvgIpc) is 2.47. The lowest BCUT2D eigenvalue weighted by Crippen LogP contribution is -2.36. The maximum absolute atomic E-state index is 10.6. The van der Waals surface area contributed by atoms with E-state index >= 15 is 0 Å². The summed E-state index contributed by atoms with van der Waals surface area (Å²) in [6.45, 7) is -0.649. The smallest absolute Gasteiger partial charge is 0.317 e. The van der Waals surface area contributed by atoms with Crippen molar-refractivity contribution in [2.75, 3.05) is 33.4 Å². The quantitative estimate of drug-likeness (QED) is 0.316. The Labute approximate surface area is 132 Å². The molecule has 0 bridgehead atoms. The van der Waals surface area contributed by atoms with Crippen molar-refractivity contribution in [2.24, 2.45) is 5.16 Å². The van der Waals surface area contributed by atoms with Gasteiger partial charge in [0.2, 0.25) is 0 Å². The Bertz CT molecular complexity index is 558. The van der Waals surface area contributed by atoms with Crippen molar-refractivity contribution in [3.63, 3.8) is 0 Å². The van der Waals surface area contributed by atoms with Crippen LogP contribution in [0.15, 0.2) is 23.4 Å². The number of ether oxygens (including phenoxy) is 1. The SMILES string of the molecule is COc1cc(/C=N/OCCN(CC(=O)O)CC(=O)O)ccc1O. The number of phenols is 1. The largest absolute Gasteiger partial charge is 0.504 e. The van der Waals surface area contributed by atoms with Crippen molar-refractivity contribution in [2.45, 2.75) is 0 Å². The molecule has 0 aliphatic heterocycles. The molecule has 0 spiro atoms. The van der Waals surface area contributed by atoms with Crippen LogP contribution < -0.4 is 4.74 Å². The van der Waals surface area contributed by atoms with Gasteiger partial charge in [-0.2, -0.15) is 0 Å². The molecule has 0 saturated carbocycles. The van der Waals surface area contributed by atoms with Gasteiger partial charge >= 0.3 is 11.9 Å². The number of nitrogens with zero attached hydrogens (tertiary/aromatic N) is 2. The molecule has 1 aromatic rings. The van der Waals surface area contributed by atoms with Gasteiger partial charge in [-0.05, 0) is 18.2 Å². The summed E-state index contributed by atoms with van der Waals surface area (Å²) in [6.07, 6.45) is 1.39. The lowest BCUT2D eigenvalue weighted by molar-refractivity contribution is -0.142. The van der Waals surface area contributed by atoms with Crippen LogP contribution in [-0.4, -0.2) is 71.7 Å². The molecular weight excluding hydrogens is 308 g/mol. The van der Waals surface area contributed by atoms with Crippen LogP contribution in [0.5, 0.6) is 11.5 Å². The van der Waals surface area contributed by atoms with E-state index in [0.717, 1.165) is 0 Å². The zero-order valence-corrected chi connectivity index (χ0v) is 12.5.